The molecule has 3 aromatic carbocycles. The van der Waals surface area contributed by atoms with Crippen LogP contribution in [0.4, 0.5) is 29.5 Å². The van der Waals surface area contributed by atoms with Crippen molar-refractivity contribution >= 4 is 51.0 Å². The van der Waals surface area contributed by atoms with Gasteiger partial charge >= 0.3 is 12.2 Å². The van der Waals surface area contributed by atoms with Gasteiger partial charge in [-0.3, -0.25) is 24.3 Å². The average molecular weight is 719 g/mol. The van der Waals surface area contributed by atoms with Gasteiger partial charge in [-0.1, -0.05) is 54.1 Å². The molecule has 4 amide bonds. The monoisotopic (exact) mass is 718 g/mol. The summed E-state index contributed by atoms with van der Waals surface area (Å²) in [7, 11) is -4.65. The number of urea groups is 1. The number of aromatic nitrogens is 2. The van der Waals surface area contributed by atoms with E-state index in [9.17, 15) is 40.8 Å². The number of amides is 4. The highest BCUT2D eigenvalue weighted by Crippen LogP contribution is 2.30. The fourth-order valence-corrected chi connectivity index (χ4v) is 5.71. The number of hydrogen-bond acceptors (Lipinski definition) is 7. The molecule has 0 saturated heterocycles. The summed E-state index contributed by atoms with van der Waals surface area (Å²) >= 11 is 6.37. The van der Waals surface area contributed by atoms with Gasteiger partial charge in [-0.15, -0.1) is 0 Å². The molecule has 0 bridgehead atoms. The Hall–Kier alpha value is -5.22. The number of sulfonamides is 1. The van der Waals surface area contributed by atoms with Gasteiger partial charge in [-0.2, -0.15) is 13.2 Å². The van der Waals surface area contributed by atoms with Crippen molar-refractivity contribution in [2.75, 3.05) is 10.6 Å². The minimum absolute atomic E-state index is 0.0612. The SMILES string of the molecule is Cc1c(Cl)nc(NC(=O)NC(C)(C)C)c(=O)n1C(C(=O)Nc1ccccc1C(=O)NS(=O)(=O)c1ccc(C(F)(F)F)cc1)c1ccccc1. The van der Waals surface area contributed by atoms with Crippen molar-refractivity contribution in [1.82, 2.24) is 19.6 Å². The maximum Gasteiger partial charge on any atom is 0.416 e. The number of rotatable bonds is 8. The highest BCUT2D eigenvalue weighted by molar-refractivity contribution is 7.90. The Morgan fingerprint density at radius 3 is 2.06 bits per heavy atom. The second-order valence-corrected chi connectivity index (χ2v) is 13.7. The quantitative estimate of drug-likeness (QED) is 0.187. The molecule has 0 spiro atoms. The summed E-state index contributed by atoms with van der Waals surface area (Å²) in [5.74, 6) is -2.54. The molecule has 1 atom stereocenters. The number of anilines is 2. The lowest BCUT2D eigenvalue weighted by molar-refractivity contribution is -0.137. The first-order chi connectivity index (χ1) is 22.8. The first-order valence-electron chi connectivity index (χ1n) is 14.4. The zero-order valence-corrected chi connectivity index (χ0v) is 27.9. The standard InChI is InChI=1S/C32H30ClF3N6O6S/c1-18-25(33)38-26(39-30(46)40-31(2,3)4)29(45)42(18)24(19-10-6-5-7-11-19)28(44)37-23-13-9-8-12-22(23)27(43)41-49(47,48)21-16-14-20(15-17-21)32(34,35)36/h5-17,24H,1-4H3,(H,37,44)(H,41,43)(H2,38,39,40,46). The predicted octanol–water partition coefficient (Wildman–Crippen LogP) is 5.49. The third kappa shape index (κ3) is 8.83. The van der Waals surface area contributed by atoms with E-state index in [0.717, 1.165) is 4.57 Å². The molecule has 4 aromatic rings. The molecule has 0 fully saturated rings. The van der Waals surface area contributed by atoms with Gasteiger partial charge in [0.05, 0.1) is 27.4 Å². The second kappa shape index (κ2) is 14.1. The van der Waals surface area contributed by atoms with E-state index in [2.05, 4.69) is 20.9 Å². The lowest BCUT2D eigenvalue weighted by atomic mass is 10.0. The van der Waals surface area contributed by atoms with Gasteiger partial charge in [-0.25, -0.2) is 22.9 Å². The van der Waals surface area contributed by atoms with Gasteiger partial charge in [0.15, 0.2) is 5.15 Å². The molecular weight excluding hydrogens is 689 g/mol. The minimum Gasteiger partial charge on any atom is -0.333 e. The zero-order valence-electron chi connectivity index (χ0n) is 26.3. The van der Waals surface area contributed by atoms with Crippen LogP contribution in [0.5, 0.6) is 0 Å². The van der Waals surface area contributed by atoms with E-state index in [1.165, 1.54) is 31.2 Å². The van der Waals surface area contributed by atoms with Gasteiger partial charge in [0.1, 0.15) is 6.04 Å². The number of alkyl halides is 3. The molecular formula is C32H30ClF3N6O6S. The van der Waals surface area contributed by atoms with Crippen molar-refractivity contribution in [3.8, 4) is 0 Å². The number of carbonyl (C=O) groups is 3. The maximum absolute atomic E-state index is 14.1. The molecule has 12 nitrogen and oxygen atoms in total. The number of nitrogens with one attached hydrogen (secondary N) is 4. The van der Waals surface area contributed by atoms with Gasteiger partial charge in [0.25, 0.3) is 27.4 Å². The third-order valence-corrected chi connectivity index (χ3v) is 8.49. The number of carbonyl (C=O) groups excluding carboxylic acids is 3. The molecule has 1 unspecified atom stereocenters. The van der Waals surface area contributed by atoms with Crippen LogP contribution in [0.3, 0.4) is 0 Å². The zero-order chi connectivity index (χ0) is 36.3. The second-order valence-electron chi connectivity index (χ2n) is 11.6. The van der Waals surface area contributed by atoms with Gasteiger partial charge < -0.3 is 10.6 Å². The van der Waals surface area contributed by atoms with E-state index < -0.39 is 67.5 Å². The molecule has 0 radical (unpaired) electrons. The molecule has 4 N–H and O–H groups in total. The van der Waals surface area contributed by atoms with Crippen LogP contribution in [0, 0.1) is 6.92 Å². The number of para-hydroxylation sites is 1. The summed E-state index contributed by atoms with van der Waals surface area (Å²) in [4.78, 5) is 57.1. The van der Waals surface area contributed by atoms with E-state index in [0.29, 0.717) is 29.8 Å². The molecule has 0 aliphatic carbocycles. The molecule has 0 saturated carbocycles. The Bertz CT molecular complexity index is 2070. The van der Waals surface area contributed by atoms with Crippen LogP contribution in [0.25, 0.3) is 0 Å². The highest BCUT2D eigenvalue weighted by atomic mass is 35.5. The minimum atomic E-state index is -4.70. The van der Waals surface area contributed by atoms with Crippen LogP contribution in [0.2, 0.25) is 5.15 Å². The predicted molar refractivity (Wildman–Crippen MR) is 176 cm³/mol. The molecule has 1 heterocycles. The van der Waals surface area contributed by atoms with Gasteiger partial charge in [0.2, 0.25) is 5.82 Å². The third-order valence-electron chi connectivity index (χ3n) is 6.78. The Balaban J connectivity index is 1.70. The molecule has 1 aromatic heterocycles. The summed E-state index contributed by atoms with van der Waals surface area (Å²) in [5, 5.41) is 7.35. The van der Waals surface area contributed by atoms with Crippen molar-refractivity contribution < 1.29 is 36.0 Å². The Morgan fingerprint density at radius 1 is 0.878 bits per heavy atom. The first-order valence-corrected chi connectivity index (χ1v) is 16.2. The number of nitrogens with zero attached hydrogens (tertiary/aromatic N) is 2. The van der Waals surface area contributed by atoms with Crippen LogP contribution < -0.4 is 26.2 Å². The van der Waals surface area contributed by atoms with Crippen LogP contribution >= 0.6 is 11.6 Å². The number of hydrogen-bond donors (Lipinski definition) is 4. The average Bonchev–Trinajstić information content (AvgIpc) is 3.01. The Morgan fingerprint density at radius 2 is 1.47 bits per heavy atom. The van der Waals surface area contributed by atoms with Crippen molar-refractivity contribution in [3.63, 3.8) is 0 Å². The summed E-state index contributed by atoms with van der Waals surface area (Å²) in [5.41, 5.74) is -2.77. The fourth-order valence-electron chi connectivity index (χ4n) is 4.57. The molecule has 0 aliphatic rings. The van der Waals surface area contributed by atoms with E-state index in [1.54, 1.807) is 55.8 Å². The first kappa shape index (κ1) is 36.6. The molecule has 49 heavy (non-hydrogen) atoms. The Kier molecular flexibility index (Phi) is 10.5. The summed E-state index contributed by atoms with van der Waals surface area (Å²) < 4.78 is 67.5. The normalized spacial score (nSPS) is 12.5. The van der Waals surface area contributed by atoms with Crippen LogP contribution in [-0.2, 0) is 21.0 Å². The summed E-state index contributed by atoms with van der Waals surface area (Å²) in [6.07, 6.45) is -4.70. The highest BCUT2D eigenvalue weighted by Gasteiger charge is 2.32. The topological polar surface area (TPSA) is 168 Å². The van der Waals surface area contributed by atoms with Crippen LogP contribution in [-0.4, -0.2) is 41.4 Å². The maximum atomic E-state index is 14.1. The lowest BCUT2D eigenvalue weighted by Gasteiger charge is -2.24. The van der Waals surface area contributed by atoms with E-state index in [1.807, 2.05) is 0 Å². The smallest absolute Gasteiger partial charge is 0.333 e. The van der Waals surface area contributed by atoms with Gasteiger partial charge in [0, 0.05) is 5.54 Å². The van der Waals surface area contributed by atoms with Crippen LogP contribution in [0.1, 0.15) is 54.0 Å². The number of benzene rings is 3. The van der Waals surface area contributed by atoms with E-state index >= 15 is 0 Å². The summed E-state index contributed by atoms with van der Waals surface area (Å²) in [6.45, 7) is 6.60. The number of halogens is 4. The van der Waals surface area contributed by atoms with Crippen molar-refractivity contribution in [2.45, 2.75) is 50.3 Å². The van der Waals surface area contributed by atoms with E-state index in [-0.39, 0.29) is 22.1 Å². The molecule has 0 aliphatic heterocycles. The van der Waals surface area contributed by atoms with Crippen molar-refractivity contribution in [1.29, 1.82) is 0 Å². The fraction of sp³-hybridized carbons (Fsp3) is 0.219. The molecule has 17 heteroatoms. The molecule has 4 rings (SSSR count). The van der Waals surface area contributed by atoms with E-state index in [4.69, 9.17) is 11.6 Å². The summed E-state index contributed by atoms with van der Waals surface area (Å²) in [6, 6.07) is 13.7. The van der Waals surface area contributed by atoms with Crippen LogP contribution in [0.15, 0.2) is 88.6 Å². The van der Waals surface area contributed by atoms with Crippen molar-refractivity contribution in [2.24, 2.45) is 0 Å². The largest absolute Gasteiger partial charge is 0.416 e. The lowest BCUT2D eigenvalue weighted by Crippen LogP contribution is -2.45. The molecule has 258 valence electrons. The van der Waals surface area contributed by atoms with Gasteiger partial charge in [-0.05, 0) is 69.7 Å². The Labute approximate surface area is 283 Å². The van der Waals surface area contributed by atoms with Crippen molar-refractivity contribution in [3.05, 3.63) is 117 Å².